The van der Waals surface area contributed by atoms with E-state index in [9.17, 15) is 8.42 Å². The molecule has 0 amide bonds. The summed E-state index contributed by atoms with van der Waals surface area (Å²) in [4.78, 5) is 6.77. The summed E-state index contributed by atoms with van der Waals surface area (Å²) < 4.78 is 60.8. The van der Waals surface area contributed by atoms with Gasteiger partial charge in [0.15, 0.2) is 23.0 Å². The second kappa shape index (κ2) is 11.5. The van der Waals surface area contributed by atoms with Gasteiger partial charge in [0.05, 0.1) is 32.3 Å². The summed E-state index contributed by atoms with van der Waals surface area (Å²) in [6, 6.07) is 9.66. The Kier molecular flexibility index (Phi) is 7.91. The minimum atomic E-state index is -4.06. The average molecular weight is 546 g/mol. The molecule has 0 atom stereocenters. The zero-order valence-corrected chi connectivity index (χ0v) is 22.2. The highest BCUT2D eigenvalue weighted by Crippen LogP contribution is 2.38. The molecular formula is C26H31N3O8S. The van der Waals surface area contributed by atoms with Crippen molar-refractivity contribution in [2.75, 3.05) is 72.1 Å². The number of rotatable bonds is 10. The number of fused-ring (bicyclic) bond motifs is 1. The third kappa shape index (κ3) is 5.52. The van der Waals surface area contributed by atoms with Gasteiger partial charge in [-0.05, 0) is 43.3 Å². The van der Waals surface area contributed by atoms with Crippen LogP contribution in [0.2, 0.25) is 0 Å². The Balaban J connectivity index is 1.45. The Bertz CT molecular complexity index is 1370. The topological polar surface area (TPSA) is 122 Å². The molecule has 1 saturated heterocycles. The quantitative estimate of drug-likeness (QED) is 0.378. The Morgan fingerprint density at radius 2 is 1.71 bits per heavy atom. The monoisotopic (exact) mass is 545 g/mol. The molecule has 1 aromatic heterocycles. The highest BCUT2D eigenvalue weighted by atomic mass is 32.2. The van der Waals surface area contributed by atoms with Crippen molar-refractivity contribution in [3.05, 3.63) is 36.4 Å². The van der Waals surface area contributed by atoms with Gasteiger partial charge in [-0.15, -0.1) is 0 Å². The first-order chi connectivity index (χ1) is 18.5. The number of nitrogens with zero attached hydrogens (tertiary/aromatic N) is 2. The molecule has 0 spiro atoms. The lowest BCUT2D eigenvalue weighted by Gasteiger charge is -2.26. The van der Waals surface area contributed by atoms with Crippen molar-refractivity contribution in [3.63, 3.8) is 0 Å². The molecule has 12 heteroatoms. The van der Waals surface area contributed by atoms with Crippen LogP contribution < -0.4 is 24.3 Å². The molecular weight excluding hydrogens is 514 g/mol. The third-order valence-electron chi connectivity index (χ3n) is 6.35. The number of hydrogen-bond acceptors (Lipinski definition) is 11. The number of hydrogen-bond donors (Lipinski definition) is 1. The Morgan fingerprint density at radius 1 is 0.947 bits per heavy atom. The Morgan fingerprint density at radius 3 is 2.47 bits per heavy atom. The van der Waals surface area contributed by atoms with Gasteiger partial charge in [-0.1, -0.05) is 0 Å². The smallest absolute Gasteiger partial charge is 0.233 e. The SMILES string of the molecule is COc1ccc(-c2nc(S(=O)(=O)c3ccc4c(c3)OCCO4)c(NCCCN3CCOCC3)o2)cc1OC. The van der Waals surface area contributed by atoms with E-state index >= 15 is 0 Å². The second-order valence-corrected chi connectivity index (χ2v) is 10.6. The molecule has 38 heavy (non-hydrogen) atoms. The molecule has 3 heterocycles. The van der Waals surface area contributed by atoms with Crippen molar-refractivity contribution in [2.45, 2.75) is 16.3 Å². The molecule has 0 bridgehead atoms. The zero-order valence-electron chi connectivity index (χ0n) is 21.4. The summed E-state index contributed by atoms with van der Waals surface area (Å²) in [5.74, 6) is 2.10. The standard InChI is InChI=1S/C26H31N3O8S/c1-32-20-6-4-18(16-22(20)33-2)24-28-26(25(37-24)27-8-3-9-29-10-12-34-13-11-29)38(30,31)19-5-7-21-23(17-19)36-15-14-35-21/h4-7,16-17,27H,3,8-15H2,1-2H3. The van der Waals surface area contributed by atoms with E-state index in [0.717, 1.165) is 39.3 Å². The van der Waals surface area contributed by atoms with E-state index in [1.54, 1.807) is 31.4 Å². The Hall–Kier alpha value is -3.48. The highest BCUT2D eigenvalue weighted by Gasteiger charge is 2.30. The number of ether oxygens (including phenoxy) is 5. The largest absolute Gasteiger partial charge is 0.493 e. The van der Waals surface area contributed by atoms with Gasteiger partial charge >= 0.3 is 0 Å². The molecule has 3 aromatic rings. The predicted octanol–water partition coefficient (Wildman–Crippen LogP) is 3.10. The van der Waals surface area contributed by atoms with Crippen molar-refractivity contribution >= 4 is 15.7 Å². The predicted molar refractivity (Wildman–Crippen MR) is 138 cm³/mol. The van der Waals surface area contributed by atoms with Crippen LogP contribution >= 0.6 is 0 Å². The lowest BCUT2D eigenvalue weighted by atomic mass is 10.2. The minimum absolute atomic E-state index is 0.0327. The van der Waals surface area contributed by atoms with Crippen molar-refractivity contribution in [1.82, 2.24) is 9.88 Å². The fraction of sp³-hybridized carbons (Fsp3) is 0.423. The van der Waals surface area contributed by atoms with E-state index in [4.69, 9.17) is 28.1 Å². The molecule has 1 fully saturated rings. The Labute approximate surface area is 221 Å². The summed E-state index contributed by atoms with van der Waals surface area (Å²) in [6.45, 7) is 5.34. The number of sulfone groups is 1. The maximum Gasteiger partial charge on any atom is 0.233 e. The molecule has 1 N–H and O–H groups in total. The average Bonchev–Trinajstić information content (AvgIpc) is 3.40. The molecule has 0 saturated carbocycles. The van der Waals surface area contributed by atoms with Gasteiger partial charge in [0, 0.05) is 31.3 Å². The van der Waals surface area contributed by atoms with E-state index in [2.05, 4.69) is 15.2 Å². The molecule has 0 aliphatic carbocycles. The molecule has 204 valence electrons. The van der Waals surface area contributed by atoms with Crippen molar-refractivity contribution in [3.8, 4) is 34.5 Å². The lowest BCUT2D eigenvalue weighted by molar-refractivity contribution is 0.0378. The maximum absolute atomic E-state index is 13.8. The van der Waals surface area contributed by atoms with Crippen LogP contribution in [0.25, 0.3) is 11.5 Å². The number of aromatic nitrogens is 1. The van der Waals surface area contributed by atoms with Gasteiger partial charge in [0.25, 0.3) is 0 Å². The molecule has 2 aliphatic rings. The number of anilines is 1. The number of benzene rings is 2. The van der Waals surface area contributed by atoms with Gasteiger partial charge in [0.1, 0.15) is 13.2 Å². The summed E-state index contributed by atoms with van der Waals surface area (Å²) in [6.07, 6.45) is 0.788. The van der Waals surface area contributed by atoms with E-state index in [1.165, 1.54) is 19.2 Å². The van der Waals surface area contributed by atoms with Gasteiger partial charge in [0.2, 0.25) is 26.6 Å². The summed E-state index contributed by atoms with van der Waals surface area (Å²) in [7, 11) is -0.997. The zero-order chi connectivity index (χ0) is 26.5. The normalized spacial score (nSPS) is 15.7. The fourth-order valence-electron chi connectivity index (χ4n) is 4.32. The third-order valence-corrected chi connectivity index (χ3v) is 8.01. The molecule has 2 aliphatic heterocycles. The van der Waals surface area contributed by atoms with Crippen LogP contribution in [0.15, 0.2) is 50.7 Å². The first kappa shape index (κ1) is 26.1. The van der Waals surface area contributed by atoms with Crippen LogP contribution in [0.5, 0.6) is 23.0 Å². The van der Waals surface area contributed by atoms with Gasteiger partial charge in [-0.25, -0.2) is 8.42 Å². The van der Waals surface area contributed by atoms with E-state index < -0.39 is 9.84 Å². The van der Waals surface area contributed by atoms with E-state index in [0.29, 0.717) is 48.3 Å². The molecule has 2 aromatic carbocycles. The summed E-state index contributed by atoms with van der Waals surface area (Å²) in [5, 5.41) is 2.95. The lowest BCUT2D eigenvalue weighted by Crippen LogP contribution is -2.37. The van der Waals surface area contributed by atoms with Crippen molar-refractivity contribution in [1.29, 1.82) is 0 Å². The molecule has 0 unspecified atom stereocenters. The number of oxazole rings is 1. The van der Waals surface area contributed by atoms with Crippen LogP contribution in [-0.2, 0) is 14.6 Å². The van der Waals surface area contributed by atoms with Gasteiger partial charge in [-0.2, -0.15) is 4.98 Å². The van der Waals surface area contributed by atoms with Crippen LogP contribution in [0.3, 0.4) is 0 Å². The minimum Gasteiger partial charge on any atom is -0.493 e. The first-order valence-electron chi connectivity index (χ1n) is 12.4. The van der Waals surface area contributed by atoms with Gasteiger partial charge in [-0.3, -0.25) is 4.90 Å². The molecule has 0 radical (unpaired) electrons. The van der Waals surface area contributed by atoms with Crippen LogP contribution in [0.1, 0.15) is 6.42 Å². The number of morpholine rings is 1. The maximum atomic E-state index is 13.8. The summed E-state index contributed by atoms with van der Waals surface area (Å²) >= 11 is 0. The van der Waals surface area contributed by atoms with Crippen LogP contribution in [0.4, 0.5) is 5.88 Å². The van der Waals surface area contributed by atoms with E-state index in [-0.39, 0.29) is 21.7 Å². The van der Waals surface area contributed by atoms with Crippen molar-refractivity contribution < 1.29 is 36.5 Å². The molecule has 5 rings (SSSR count). The van der Waals surface area contributed by atoms with Crippen LogP contribution in [0, 0.1) is 0 Å². The second-order valence-electron chi connectivity index (χ2n) is 8.77. The fourth-order valence-corrected chi connectivity index (χ4v) is 5.62. The number of methoxy groups -OCH3 is 2. The molecule has 11 nitrogen and oxygen atoms in total. The summed E-state index contributed by atoms with van der Waals surface area (Å²) in [5.41, 5.74) is 0.544. The first-order valence-corrected chi connectivity index (χ1v) is 13.9. The van der Waals surface area contributed by atoms with Crippen LogP contribution in [-0.4, -0.2) is 85.1 Å². The van der Waals surface area contributed by atoms with Gasteiger partial charge < -0.3 is 33.4 Å². The van der Waals surface area contributed by atoms with Crippen molar-refractivity contribution in [2.24, 2.45) is 0 Å². The highest BCUT2D eigenvalue weighted by molar-refractivity contribution is 7.91. The van der Waals surface area contributed by atoms with E-state index in [1.807, 2.05) is 0 Å². The number of nitrogens with one attached hydrogen (secondary N) is 1.